The van der Waals surface area contributed by atoms with Gasteiger partial charge in [-0.3, -0.25) is 0 Å². The van der Waals surface area contributed by atoms with Crippen molar-refractivity contribution in [1.29, 1.82) is 0 Å². The molecule has 0 spiro atoms. The fourth-order valence-electron chi connectivity index (χ4n) is 5.85. The molecule has 3 nitrogen and oxygen atoms in total. The standard InChI is InChI=1S/C21H26N2O/c1-14-2-4-18(5-3-14)20-9-19(23-24-20)13-22-21-10-15-6-16(11-21)8-17(7-15)12-21/h2-5,9,15-17,22H,6-8,10-13H2,1H3. The molecule has 1 heterocycles. The third kappa shape index (κ3) is 2.59. The molecule has 0 amide bonds. The van der Waals surface area contributed by atoms with E-state index in [1.54, 1.807) is 0 Å². The van der Waals surface area contributed by atoms with Crippen LogP contribution in [0, 0.1) is 24.7 Å². The molecule has 0 radical (unpaired) electrons. The van der Waals surface area contributed by atoms with Crippen LogP contribution in [0.1, 0.15) is 49.8 Å². The first kappa shape index (κ1) is 14.7. The smallest absolute Gasteiger partial charge is 0.167 e. The van der Waals surface area contributed by atoms with Crippen molar-refractivity contribution in [3.63, 3.8) is 0 Å². The number of benzene rings is 1. The maximum absolute atomic E-state index is 5.57. The molecular weight excluding hydrogens is 296 g/mol. The van der Waals surface area contributed by atoms with Gasteiger partial charge in [-0.2, -0.15) is 0 Å². The Morgan fingerprint density at radius 3 is 2.29 bits per heavy atom. The van der Waals surface area contributed by atoms with Crippen molar-refractivity contribution in [2.75, 3.05) is 0 Å². The molecule has 0 saturated heterocycles. The Morgan fingerprint density at radius 2 is 1.67 bits per heavy atom. The van der Waals surface area contributed by atoms with Gasteiger partial charge in [0.05, 0.1) is 5.69 Å². The zero-order valence-electron chi connectivity index (χ0n) is 14.4. The van der Waals surface area contributed by atoms with Gasteiger partial charge in [0.2, 0.25) is 0 Å². The van der Waals surface area contributed by atoms with Gasteiger partial charge in [0.1, 0.15) is 0 Å². The fraction of sp³-hybridized carbons (Fsp3) is 0.571. The molecule has 0 aliphatic heterocycles. The maximum Gasteiger partial charge on any atom is 0.167 e. The zero-order chi connectivity index (χ0) is 16.1. The summed E-state index contributed by atoms with van der Waals surface area (Å²) in [5, 5.41) is 8.19. The van der Waals surface area contributed by atoms with Crippen LogP contribution in [0.15, 0.2) is 34.9 Å². The van der Waals surface area contributed by atoms with Crippen molar-refractivity contribution >= 4 is 0 Å². The SMILES string of the molecule is Cc1ccc(-c2cc(CNC34CC5CC(CC(C5)C3)C4)no2)cc1. The minimum Gasteiger partial charge on any atom is -0.356 e. The highest BCUT2D eigenvalue weighted by Gasteiger charge is 2.50. The van der Waals surface area contributed by atoms with Crippen LogP contribution in [0.25, 0.3) is 11.3 Å². The first-order chi connectivity index (χ1) is 11.7. The van der Waals surface area contributed by atoms with Crippen LogP contribution >= 0.6 is 0 Å². The van der Waals surface area contributed by atoms with E-state index in [1.807, 2.05) is 0 Å². The number of nitrogens with one attached hydrogen (secondary N) is 1. The number of hydrogen-bond acceptors (Lipinski definition) is 3. The summed E-state index contributed by atoms with van der Waals surface area (Å²) in [6.07, 6.45) is 8.60. The molecular formula is C21H26N2O. The Bertz CT molecular complexity index is 695. The van der Waals surface area contributed by atoms with Crippen LogP contribution < -0.4 is 5.32 Å². The molecule has 4 fully saturated rings. The van der Waals surface area contributed by atoms with E-state index in [2.05, 4.69) is 47.7 Å². The number of hydrogen-bond donors (Lipinski definition) is 1. The summed E-state index contributed by atoms with van der Waals surface area (Å²) in [5.41, 5.74) is 3.79. The summed E-state index contributed by atoms with van der Waals surface area (Å²) in [6.45, 7) is 2.94. The van der Waals surface area contributed by atoms with Crippen molar-refractivity contribution < 1.29 is 4.52 Å². The second kappa shape index (κ2) is 5.45. The van der Waals surface area contributed by atoms with Crippen LogP contribution in [0.3, 0.4) is 0 Å². The van der Waals surface area contributed by atoms with Gasteiger partial charge < -0.3 is 9.84 Å². The molecule has 0 atom stereocenters. The maximum atomic E-state index is 5.57. The summed E-state index contributed by atoms with van der Waals surface area (Å²) in [7, 11) is 0. The zero-order valence-corrected chi connectivity index (χ0v) is 14.4. The molecule has 4 bridgehead atoms. The second-order valence-electron chi connectivity index (χ2n) is 8.60. The van der Waals surface area contributed by atoms with Gasteiger partial charge in [-0.25, -0.2) is 0 Å². The minimum atomic E-state index is 0.387. The van der Waals surface area contributed by atoms with E-state index >= 15 is 0 Å². The highest BCUT2D eigenvalue weighted by atomic mass is 16.5. The van der Waals surface area contributed by atoms with Crippen molar-refractivity contribution in [1.82, 2.24) is 10.5 Å². The Labute approximate surface area is 143 Å². The molecule has 126 valence electrons. The molecule has 2 aromatic rings. The normalized spacial score (nSPS) is 34.0. The van der Waals surface area contributed by atoms with Crippen molar-refractivity contribution in [2.24, 2.45) is 17.8 Å². The van der Waals surface area contributed by atoms with Crippen LogP contribution in [-0.2, 0) is 6.54 Å². The van der Waals surface area contributed by atoms with Crippen LogP contribution in [0.2, 0.25) is 0 Å². The van der Waals surface area contributed by atoms with Crippen molar-refractivity contribution in [2.45, 2.75) is 57.5 Å². The number of aromatic nitrogens is 1. The van der Waals surface area contributed by atoms with E-state index < -0.39 is 0 Å². The number of nitrogens with zero attached hydrogens (tertiary/aromatic N) is 1. The molecule has 4 saturated carbocycles. The van der Waals surface area contributed by atoms with E-state index in [1.165, 1.54) is 44.1 Å². The third-order valence-corrected chi connectivity index (χ3v) is 6.58. The quantitative estimate of drug-likeness (QED) is 0.886. The Morgan fingerprint density at radius 1 is 1.04 bits per heavy atom. The van der Waals surface area contributed by atoms with Gasteiger partial charge in [0, 0.05) is 23.7 Å². The van der Waals surface area contributed by atoms with Gasteiger partial charge in [-0.1, -0.05) is 35.0 Å². The molecule has 1 aromatic heterocycles. The summed E-state index contributed by atoms with van der Waals surface area (Å²) in [4.78, 5) is 0. The molecule has 0 unspecified atom stereocenters. The largest absolute Gasteiger partial charge is 0.356 e. The van der Waals surface area contributed by atoms with Crippen LogP contribution in [0.4, 0.5) is 0 Å². The summed E-state index contributed by atoms with van der Waals surface area (Å²) in [6, 6.07) is 10.5. The van der Waals surface area contributed by atoms with E-state index in [9.17, 15) is 0 Å². The van der Waals surface area contributed by atoms with Crippen molar-refractivity contribution in [3.05, 3.63) is 41.6 Å². The van der Waals surface area contributed by atoms with Gasteiger partial charge in [0.25, 0.3) is 0 Å². The van der Waals surface area contributed by atoms with Gasteiger partial charge >= 0.3 is 0 Å². The van der Waals surface area contributed by atoms with Gasteiger partial charge in [-0.05, 0) is 63.2 Å². The molecule has 24 heavy (non-hydrogen) atoms. The molecule has 1 N–H and O–H groups in total. The topological polar surface area (TPSA) is 38.1 Å². The minimum absolute atomic E-state index is 0.387. The number of rotatable bonds is 4. The van der Waals surface area contributed by atoms with E-state index in [-0.39, 0.29) is 0 Å². The van der Waals surface area contributed by atoms with Gasteiger partial charge in [0.15, 0.2) is 5.76 Å². The highest BCUT2D eigenvalue weighted by molar-refractivity contribution is 5.57. The van der Waals surface area contributed by atoms with Gasteiger partial charge in [-0.15, -0.1) is 0 Å². The van der Waals surface area contributed by atoms with E-state index in [4.69, 9.17) is 4.52 Å². The van der Waals surface area contributed by atoms with E-state index in [0.29, 0.717) is 5.54 Å². The summed E-state index contributed by atoms with van der Waals surface area (Å²) >= 11 is 0. The van der Waals surface area contributed by atoms with Crippen LogP contribution in [-0.4, -0.2) is 10.7 Å². The molecule has 3 heteroatoms. The number of aryl methyl sites for hydroxylation is 1. The Balaban J connectivity index is 1.28. The predicted octanol–water partition coefficient (Wildman–Crippen LogP) is 4.71. The first-order valence-corrected chi connectivity index (χ1v) is 9.45. The molecule has 4 aliphatic rings. The highest BCUT2D eigenvalue weighted by Crippen LogP contribution is 2.55. The monoisotopic (exact) mass is 322 g/mol. The van der Waals surface area contributed by atoms with E-state index in [0.717, 1.165) is 41.3 Å². The van der Waals surface area contributed by atoms with Crippen molar-refractivity contribution in [3.8, 4) is 11.3 Å². The third-order valence-electron chi connectivity index (χ3n) is 6.58. The lowest BCUT2D eigenvalue weighted by Gasteiger charge is -2.57. The summed E-state index contributed by atoms with van der Waals surface area (Å²) < 4.78 is 5.57. The Hall–Kier alpha value is -1.61. The lowest BCUT2D eigenvalue weighted by atomic mass is 9.53. The average molecular weight is 322 g/mol. The summed E-state index contributed by atoms with van der Waals surface area (Å²) in [5.74, 6) is 3.80. The van der Waals surface area contributed by atoms with Crippen LogP contribution in [0.5, 0.6) is 0 Å². The first-order valence-electron chi connectivity index (χ1n) is 9.45. The lowest BCUT2D eigenvalue weighted by molar-refractivity contribution is -0.0208. The lowest BCUT2D eigenvalue weighted by Crippen LogP contribution is -2.58. The second-order valence-corrected chi connectivity index (χ2v) is 8.60. The molecule has 1 aromatic carbocycles. The molecule has 6 rings (SSSR count). The average Bonchev–Trinajstić information content (AvgIpc) is 3.01. The predicted molar refractivity (Wildman–Crippen MR) is 94.4 cm³/mol. The Kier molecular flexibility index (Phi) is 3.34. The molecule has 4 aliphatic carbocycles. The fourth-order valence-corrected chi connectivity index (χ4v) is 5.85.